The molecule has 9 nitrogen and oxygen atoms in total. The summed E-state index contributed by atoms with van der Waals surface area (Å²) in [6.07, 6.45) is 1.02. The molecule has 0 spiro atoms. The van der Waals surface area contributed by atoms with Gasteiger partial charge in [0.1, 0.15) is 11.6 Å². The largest absolute Gasteiger partial charge is 0.450 e. The smallest absolute Gasteiger partial charge is 0.238 e. The molecule has 0 fully saturated rings. The van der Waals surface area contributed by atoms with Gasteiger partial charge in [-0.1, -0.05) is 77.8 Å². The lowest BCUT2D eigenvalue weighted by atomic mass is 10.0. The minimum Gasteiger partial charge on any atom is -0.450 e. The molecule has 4 N–H and O–H groups in total. The summed E-state index contributed by atoms with van der Waals surface area (Å²) in [6.45, 7) is -0.140. The average Bonchev–Trinajstić information content (AvgIpc) is 3.33. The van der Waals surface area contributed by atoms with Crippen LogP contribution in [0.1, 0.15) is 27.2 Å². The zero-order valence-corrected chi connectivity index (χ0v) is 26.4. The van der Waals surface area contributed by atoms with E-state index in [1.807, 2.05) is 42.5 Å². The molecule has 45 heavy (non-hydrogen) atoms. The van der Waals surface area contributed by atoms with Crippen molar-refractivity contribution in [2.24, 2.45) is 5.73 Å². The van der Waals surface area contributed by atoms with Gasteiger partial charge in [-0.25, -0.2) is 8.42 Å². The molecule has 0 bridgehead atoms. The van der Waals surface area contributed by atoms with Crippen molar-refractivity contribution in [2.75, 3.05) is 18.6 Å². The first-order chi connectivity index (χ1) is 21.4. The second kappa shape index (κ2) is 13.4. The van der Waals surface area contributed by atoms with Crippen LogP contribution in [0.25, 0.3) is 22.1 Å². The van der Waals surface area contributed by atoms with Crippen LogP contribution in [0, 0.1) is 0 Å². The zero-order chi connectivity index (χ0) is 32.3. The van der Waals surface area contributed by atoms with Crippen LogP contribution in [0.5, 0.6) is 0 Å². The maximum Gasteiger partial charge on any atom is 0.238 e. The number of furan rings is 1. The van der Waals surface area contributed by atoms with Gasteiger partial charge in [-0.2, -0.15) is 4.31 Å². The molecule has 232 valence electrons. The fourth-order valence-electron chi connectivity index (χ4n) is 4.92. The van der Waals surface area contributed by atoms with Crippen LogP contribution in [0.15, 0.2) is 95.4 Å². The summed E-state index contributed by atoms with van der Waals surface area (Å²) in [6, 6.07) is 25.1. The van der Waals surface area contributed by atoms with Crippen LogP contribution >= 0.6 is 23.2 Å². The highest BCUT2D eigenvalue weighted by molar-refractivity contribution is 7.88. The predicted octanol–water partition coefficient (Wildman–Crippen LogP) is 6.05. The van der Waals surface area contributed by atoms with Crippen LogP contribution in [0.4, 0.5) is 5.69 Å². The molecule has 0 aliphatic rings. The summed E-state index contributed by atoms with van der Waals surface area (Å²) >= 11 is 12.2. The molecule has 0 unspecified atom stereocenters. The molecule has 0 radical (unpaired) electrons. The maximum absolute atomic E-state index is 13.2. The first-order valence-electron chi connectivity index (χ1n) is 13.7. The van der Waals surface area contributed by atoms with E-state index in [9.17, 15) is 18.0 Å². The summed E-state index contributed by atoms with van der Waals surface area (Å²) in [4.78, 5) is 25.6. The molecule has 0 saturated heterocycles. The van der Waals surface area contributed by atoms with Gasteiger partial charge >= 0.3 is 0 Å². The number of rotatable bonds is 12. The quantitative estimate of drug-likeness (QED) is 0.154. The van der Waals surface area contributed by atoms with Gasteiger partial charge < -0.3 is 20.6 Å². The molecule has 1 heterocycles. The normalized spacial score (nSPS) is 12.4. The lowest BCUT2D eigenvalue weighted by Crippen LogP contribution is -2.49. The third kappa shape index (κ3) is 7.38. The van der Waals surface area contributed by atoms with Crippen LogP contribution in [-0.4, -0.2) is 43.3 Å². The number of nitrogen functional groups attached to an aromatic ring is 1. The molecule has 0 saturated carbocycles. The Kier molecular flexibility index (Phi) is 9.62. The van der Waals surface area contributed by atoms with Crippen LogP contribution in [0.2, 0.25) is 10.0 Å². The van der Waals surface area contributed by atoms with Crippen LogP contribution < -0.4 is 11.5 Å². The van der Waals surface area contributed by atoms with Gasteiger partial charge in [-0.05, 0) is 58.7 Å². The average molecular weight is 667 g/mol. The van der Waals surface area contributed by atoms with E-state index in [0.29, 0.717) is 21.6 Å². The second-order valence-electron chi connectivity index (χ2n) is 10.4. The van der Waals surface area contributed by atoms with E-state index in [1.54, 1.807) is 36.4 Å². The number of anilines is 1. The number of ketones is 1. The molecular formula is C33H29Cl2N3O6S. The molecule has 0 aliphatic heterocycles. The second-order valence-corrected chi connectivity index (χ2v) is 13.2. The number of nitrogens with zero attached hydrogens (tertiary/aromatic N) is 1. The van der Waals surface area contributed by atoms with Gasteiger partial charge in [0, 0.05) is 22.5 Å². The number of amides is 1. The Morgan fingerprint density at radius 3 is 2.31 bits per heavy atom. The van der Waals surface area contributed by atoms with Crippen molar-refractivity contribution in [1.29, 1.82) is 0 Å². The highest BCUT2D eigenvalue weighted by Crippen LogP contribution is 2.35. The molecule has 0 aliphatic carbocycles. The SMILES string of the molecule is CS(=O)(=O)N(Cc1cccc(-c2ccc3c(N)c(C(=O)c4ccc(Cl)cc4Cl)oc3c2)c1)[C@@H](COCc1ccccc1)C(N)=O. The number of sulfonamides is 1. The molecule has 4 aromatic carbocycles. The van der Waals surface area contributed by atoms with Crippen molar-refractivity contribution >= 4 is 61.6 Å². The standard InChI is InChI=1S/C33H29Cl2N3O6S/c1-45(41,42)38(28(33(37)40)19-43-18-20-6-3-2-4-7-20)17-21-8-5-9-22(14-21)23-10-12-26-29(15-23)44-32(30(26)36)31(39)25-13-11-24(34)16-27(25)35/h2-16,28H,17-19,36H2,1H3,(H2,37,40)/t28-/m0/s1. The number of halogens is 2. The highest BCUT2D eigenvalue weighted by Gasteiger charge is 2.31. The third-order valence-electron chi connectivity index (χ3n) is 7.20. The molecular weight excluding hydrogens is 637 g/mol. The van der Waals surface area contributed by atoms with Gasteiger partial charge in [0.05, 0.1) is 30.2 Å². The zero-order valence-electron chi connectivity index (χ0n) is 24.1. The van der Waals surface area contributed by atoms with E-state index < -0.39 is 27.8 Å². The number of carbonyl (C=O) groups excluding carboxylic acids is 2. The Morgan fingerprint density at radius 1 is 0.911 bits per heavy atom. The lowest BCUT2D eigenvalue weighted by molar-refractivity contribution is -0.123. The fourth-order valence-corrected chi connectivity index (χ4v) is 6.42. The number of fused-ring (bicyclic) bond motifs is 1. The van der Waals surface area contributed by atoms with Crippen molar-refractivity contribution in [3.63, 3.8) is 0 Å². The minimum absolute atomic E-state index is 0.0455. The number of hydrogen-bond donors (Lipinski definition) is 2. The Balaban J connectivity index is 1.40. The minimum atomic E-state index is -3.87. The summed E-state index contributed by atoms with van der Waals surface area (Å²) in [5.74, 6) is -1.35. The number of primary amides is 1. The van der Waals surface area contributed by atoms with E-state index in [4.69, 9.17) is 43.8 Å². The number of benzene rings is 4. The van der Waals surface area contributed by atoms with Gasteiger partial charge in [-0.15, -0.1) is 0 Å². The van der Waals surface area contributed by atoms with E-state index in [2.05, 4.69) is 0 Å². The number of ether oxygens (including phenoxy) is 1. The first-order valence-corrected chi connectivity index (χ1v) is 16.3. The van der Waals surface area contributed by atoms with Crippen molar-refractivity contribution in [3.05, 3.63) is 123 Å². The van der Waals surface area contributed by atoms with Crippen LogP contribution in [-0.2, 0) is 32.7 Å². The monoisotopic (exact) mass is 665 g/mol. The summed E-state index contributed by atoms with van der Waals surface area (Å²) in [5.41, 5.74) is 15.7. The van der Waals surface area contributed by atoms with E-state index in [0.717, 1.165) is 27.3 Å². The summed E-state index contributed by atoms with van der Waals surface area (Å²) in [7, 11) is -3.87. The predicted molar refractivity (Wildman–Crippen MR) is 175 cm³/mol. The number of nitrogens with two attached hydrogens (primary N) is 2. The molecule has 1 atom stereocenters. The Bertz CT molecular complexity index is 2000. The molecule has 12 heteroatoms. The maximum atomic E-state index is 13.2. The van der Waals surface area contributed by atoms with Crippen LogP contribution in [0.3, 0.4) is 0 Å². The van der Waals surface area contributed by atoms with E-state index in [1.165, 1.54) is 12.1 Å². The van der Waals surface area contributed by atoms with E-state index in [-0.39, 0.29) is 41.8 Å². The highest BCUT2D eigenvalue weighted by atomic mass is 35.5. The van der Waals surface area contributed by atoms with E-state index >= 15 is 0 Å². The number of carbonyl (C=O) groups is 2. The van der Waals surface area contributed by atoms with Gasteiger partial charge in [-0.3, -0.25) is 9.59 Å². The molecule has 5 rings (SSSR count). The Morgan fingerprint density at radius 2 is 1.62 bits per heavy atom. The van der Waals surface area contributed by atoms with Crippen molar-refractivity contribution in [1.82, 2.24) is 4.31 Å². The van der Waals surface area contributed by atoms with Crippen molar-refractivity contribution in [3.8, 4) is 11.1 Å². The molecule has 1 amide bonds. The summed E-state index contributed by atoms with van der Waals surface area (Å²) in [5, 5.41) is 1.11. The molecule has 5 aromatic rings. The third-order valence-corrected chi connectivity index (χ3v) is 8.98. The first kappa shape index (κ1) is 32.2. The Labute approximate surface area is 270 Å². The Hall–Kier alpha value is -4.19. The number of hydrogen-bond acceptors (Lipinski definition) is 7. The van der Waals surface area contributed by atoms with Gasteiger partial charge in [0.25, 0.3) is 0 Å². The molecule has 1 aromatic heterocycles. The lowest BCUT2D eigenvalue weighted by Gasteiger charge is -2.27. The summed E-state index contributed by atoms with van der Waals surface area (Å²) < 4.78 is 38.3. The van der Waals surface area contributed by atoms with Gasteiger partial charge in [0.15, 0.2) is 5.76 Å². The topological polar surface area (TPSA) is 146 Å². The van der Waals surface area contributed by atoms with Gasteiger partial charge in [0.2, 0.25) is 21.7 Å². The van der Waals surface area contributed by atoms with Crippen molar-refractivity contribution < 1.29 is 27.2 Å². The fraction of sp³-hybridized carbons (Fsp3) is 0.152. The van der Waals surface area contributed by atoms with Crippen molar-refractivity contribution in [2.45, 2.75) is 19.2 Å².